The summed E-state index contributed by atoms with van der Waals surface area (Å²) in [6.07, 6.45) is 0. The molecule has 3 N–H and O–H groups in total. The highest BCUT2D eigenvalue weighted by Gasteiger charge is 2.21. The molecule has 0 bridgehead atoms. The van der Waals surface area contributed by atoms with Crippen molar-refractivity contribution in [3.63, 3.8) is 0 Å². The number of carbonyl (C=O) groups excluding carboxylic acids is 1. The van der Waals surface area contributed by atoms with Crippen LogP contribution in [0, 0.1) is 6.92 Å². The van der Waals surface area contributed by atoms with E-state index in [4.69, 9.17) is 23.2 Å². The summed E-state index contributed by atoms with van der Waals surface area (Å²) in [6, 6.07) is 18.3. The summed E-state index contributed by atoms with van der Waals surface area (Å²) < 4.78 is 26.4. The zero-order chi connectivity index (χ0) is 26.0. The Hall–Kier alpha value is -3.50. The molecule has 0 saturated carbocycles. The number of amides is 1. The Bertz CT molecular complexity index is 1640. The van der Waals surface area contributed by atoms with Gasteiger partial charge in [0.25, 0.3) is 5.91 Å². The van der Waals surface area contributed by atoms with Crippen LogP contribution in [0.15, 0.2) is 81.9 Å². The minimum absolute atomic E-state index is 0.00509. The second-order valence-electron chi connectivity index (χ2n) is 7.75. The highest BCUT2D eigenvalue weighted by molar-refractivity contribution is 7.89. The predicted molar refractivity (Wildman–Crippen MR) is 142 cm³/mol. The number of aryl methyl sites for hydroxylation is 1. The minimum Gasteiger partial charge on any atom is -0.505 e. The Labute approximate surface area is 217 Å². The summed E-state index contributed by atoms with van der Waals surface area (Å²) in [6.45, 7) is 1.86. The molecule has 36 heavy (non-hydrogen) atoms. The third-order valence-corrected chi connectivity index (χ3v) is 7.63. The summed E-state index contributed by atoms with van der Waals surface area (Å²) in [5, 5.41) is 23.2. The number of hydrogen-bond donors (Lipinski definition) is 3. The summed E-state index contributed by atoms with van der Waals surface area (Å²) in [5.74, 6) is -0.896. The smallest absolute Gasteiger partial charge is 0.259 e. The lowest BCUT2D eigenvalue weighted by atomic mass is 10.0. The molecule has 4 rings (SSSR count). The fourth-order valence-electron chi connectivity index (χ4n) is 3.51. The largest absolute Gasteiger partial charge is 0.505 e. The van der Waals surface area contributed by atoms with E-state index in [0.29, 0.717) is 16.5 Å². The Morgan fingerprint density at radius 3 is 2.36 bits per heavy atom. The van der Waals surface area contributed by atoms with Gasteiger partial charge in [0.15, 0.2) is 5.75 Å². The maximum Gasteiger partial charge on any atom is 0.259 e. The van der Waals surface area contributed by atoms with Crippen LogP contribution in [0.4, 0.5) is 17.1 Å². The van der Waals surface area contributed by atoms with Crippen LogP contribution in [0.5, 0.6) is 5.75 Å². The number of halogens is 2. The van der Waals surface area contributed by atoms with E-state index in [-0.39, 0.29) is 37.6 Å². The zero-order valence-electron chi connectivity index (χ0n) is 19.1. The highest BCUT2D eigenvalue weighted by atomic mass is 35.5. The van der Waals surface area contributed by atoms with Gasteiger partial charge in [0.2, 0.25) is 10.0 Å². The maximum atomic E-state index is 13.1. The lowest BCUT2D eigenvalue weighted by Gasteiger charge is -2.12. The molecule has 0 aliphatic rings. The molecule has 0 spiro atoms. The van der Waals surface area contributed by atoms with Crippen molar-refractivity contribution in [2.45, 2.75) is 11.8 Å². The number of phenols is 1. The molecule has 0 heterocycles. The van der Waals surface area contributed by atoms with E-state index < -0.39 is 15.9 Å². The number of nitrogens with zero attached hydrogens (tertiary/aromatic N) is 2. The standard InChI is InChI=1S/C25H20Cl2N4O4S/c1-14-7-3-6-10-20(14)29-25(33)17-11-15-8-4-5-9-16(15)23(24(17)32)31-30-21-12-19(27)22(13-18(21)26)36(34,35)28-2/h3-13,28,32H,1-2H3,(H,29,33). The van der Waals surface area contributed by atoms with Crippen molar-refractivity contribution >= 4 is 67.0 Å². The monoisotopic (exact) mass is 542 g/mol. The van der Waals surface area contributed by atoms with E-state index in [1.54, 1.807) is 42.5 Å². The minimum atomic E-state index is -3.84. The Kier molecular flexibility index (Phi) is 7.28. The Morgan fingerprint density at radius 1 is 0.944 bits per heavy atom. The van der Waals surface area contributed by atoms with Gasteiger partial charge in [-0.1, -0.05) is 65.7 Å². The summed E-state index contributed by atoms with van der Waals surface area (Å²) in [7, 11) is -2.58. The zero-order valence-corrected chi connectivity index (χ0v) is 21.4. The van der Waals surface area contributed by atoms with Crippen LogP contribution in [-0.2, 0) is 10.0 Å². The fraction of sp³-hybridized carbons (Fsp3) is 0.0800. The van der Waals surface area contributed by atoms with E-state index >= 15 is 0 Å². The number of hydrogen-bond acceptors (Lipinski definition) is 6. The van der Waals surface area contributed by atoms with Gasteiger partial charge >= 0.3 is 0 Å². The Balaban J connectivity index is 1.79. The van der Waals surface area contributed by atoms with Gasteiger partial charge in [-0.05, 0) is 49.2 Å². The molecule has 4 aromatic rings. The molecule has 0 atom stereocenters. The van der Waals surface area contributed by atoms with Crippen LogP contribution in [0.3, 0.4) is 0 Å². The van der Waals surface area contributed by atoms with E-state index in [9.17, 15) is 18.3 Å². The normalized spacial score (nSPS) is 11.8. The quantitative estimate of drug-likeness (QED) is 0.233. The number of sulfonamides is 1. The van der Waals surface area contributed by atoms with Gasteiger partial charge < -0.3 is 10.4 Å². The number of azo groups is 1. The summed E-state index contributed by atoms with van der Waals surface area (Å²) in [5.41, 5.74) is 1.60. The van der Waals surface area contributed by atoms with Crippen molar-refractivity contribution in [3.8, 4) is 5.75 Å². The van der Waals surface area contributed by atoms with Crippen LogP contribution >= 0.6 is 23.2 Å². The number of aromatic hydroxyl groups is 1. The van der Waals surface area contributed by atoms with Gasteiger partial charge in [0.1, 0.15) is 16.3 Å². The molecule has 4 aromatic carbocycles. The molecule has 0 aliphatic heterocycles. The van der Waals surface area contributed by atoms with Crippen LogP contribution in [-0.4, -0.2) is 26.5 Å². The van der Waals surface area contributed by atoms with E-state index in [1.165, 1.54) is 13.1 Å². The lowest BCUT2D eigenvalue weighted by Crippen LogP contribution is -2.18. The number of rotatable bonds is 6. The van der Waals surface area contributed by atoms with Crippen LogP contribution in [0.25, 0.3) is 10.8 Å². The van der Waals surface area contributed by atoms with E-state index in [2.05, 4.69) is 20.3 Å². The second kappa shape index (κ2) is 10.2. The first-order valence-electron chi connectivity index (χ1n) is 10.6. The van der Waals surface area contributed by atoms with Gasteiger partial charge in [-0.25, -0.2) is 13.1 Å². The van der Waals surface area contributed by atoms with Gasteiger partial charge in [-0.3, -0.25) is 4.79 Å². The number of fused-ring (bicyclic) bond motifs is 1. The average Bonchev–Trinajstić information content (AvgIpc) is 2.86. The van der Waals surface area contributed by atoms with Crippen molar-refractivity contribution < 1.29 is 18.3 Å². The van der Waals surface area contributed by atoms with Crippen molar-refractivity contribution in [3.05, 3.63) is 87.9 Å². The molecule has 1 amide bonds. The summed E-state index contributed by atoms with van der Waals surface area (Å²) in [4.78, 5) is 12.9. The van der Waals surface area contributed by atoms with Crippen LogP contribution < -0.4 is 10.0 Å². The first-order valence-corrected chi connectivity index (χ1v) is 12.8. The van der Waals surface area contributed by atoms with Crippen molar-refractivity contribution in [2.75, 3.05) is 12.4 Å². The molecule has 8 nitrogen and oxygen atoms in total. The third kappa shape index (κ3) is 5.05. The third-order valence-electron chi connectivity index (χ3n) is 5.45. The fourth-order valence-corrected chi connectivity index (χ4v) is 5.05. The van der Waals surface area contributed by atoms with Gasteiger partial charge in [0.05, 0.1) is 15.6 Å². The molecule has 0 unspecified atom stereocenters. The SMILES string of the molecule is CNS(=O)(=O)c1cc(Cl)c(N=Nc2c(O)c(C(=O)Nc3ccccc3C)cc3ccccc23)cc1Cl. The van der Waals surface area contributed by atoms with Crippen molar-refractivity contribution in [1.29, 1.82) is 0 Å². The van der Waals surface area contributed by atoms with Gasteiger partial charge in [0, 0.05) is 11.1 Å². The second-order valence-corrected chi connectivity index (χ2v) is 10.4. The first kappa shape index (κ1) is 25.6. The molecule has 0 aromatic heterocycles. The molecule has 0 saturated heterocycles. The van der Waals surface area contributed by atoms with Gasteiger partial charge in [-0.15, -0.1) is 10.2 Å². The van der Waals surface area contributed by atoms with Crippen molar-refractivity contribution in [1.82, 2.24) is 4.72 Å². The number of phenolic OH excluding ortho intramolecular Hbond substituents is 1. The topological polar surface area (TPSA) is 120 Å². The Morgan fingerprint density at radius 2 is 1.64 bits per heavy atom. The van der Waals surface area contributed by atoms with Gasteiger partial charge in [-0.2, -0.15) is 0 Å². The van der Waals surface area contributed by atoms with Crippen LogP contribution in [0.1, 0.15) is 15.9 Å². The van der Waals surface area contributed by atoms with E-state index in [1.807, 2.05) is 19.1 Å². The molecule has 11 heteroatoms. The van der Waals surface area contributed by atoms with Crippen molar-refractivity contribution in [2.24, 2.45) is 10.2 Å². The molecule has 0 aliphatic carbocycles. The number of para-hydroxylation sites is 1. The molecule has 0 fully saturated rings. The predicted octanol–water partition coefficient (Wildman–Crippen LogP) is 6.74. The number of carbonyl (C=O) groups is 1. The van der Waals surface area contributed by atoms with Crippen LogP contribution in [0.2, 0.25) is 10.0 Å². The van der Waals surface area contributed by atoms with E-state index in [0.717, 1.165) is 11.6 Å². The highest BCUT2D eigenvalue weighted by Crippen LogP contribution is 2.41. The molecular formula is C25H20Cl2N4O4S. The lowest BCUT2D eigenvalue weighted by molar-refractivity contribution is 0.102. The average molecular weight is 543 g/mol. The molecule has 0 radical (unpaired) electrons. The maximum absolute atomic E-state index is 13.1. The number of nitrogens with one attached hydrogen (secondary N) is 2. The first-order chi connectivity index (χ1) is 17.1. The molecule has 184 valence electrons. The summed E-state index contributed by atoms with van der Waals surface area (Å²) >= 11 is 12.4. The number of anilines is 1. The molecular weight excluding hydrogens is 523 g/mol. The number of benzene rings is 4.